The zero-order valence-electron chi connectivity index (χ0n) is 11.4. The molecule has 1 rings (SSSR count). The highest BCUT2D eigenvalue weighted by atomic mass is 32.2. The molecule has 0 aliphatic carbocycles. The lowest BCUT2D eigenvalue weighted by Crippen LogP contribution is -2.27. The zero-order valence-corrected chi connectivity index (χ0v) is 12.3. The molecular formula is C11H21N5OS. The quantitative estimate of drug-likeness (QED) is 0.626. The summed E-state index contributed by atoms with van der Waals surface area (Å²) in [6, 6.07) is 0. The monoisotopic (exact) mass is 271 g/mol. The van der Waals surface area contributed by atoms with Crippen molar-refractivity contribution < 1.29 is 4.79 Å². The number of carbonyl (C=O) groups excluding carboxylic acids is 1. The first-order valence-corrected chi connectivity index (χ1v) is 7.12. The van der Waals surface area contributed by atoms with Crippen LogP contribution in [-0.4, -0.2) is 38.4 Å². The molecule has 0 radical (unpaired) electrons. The van der Waals surface area contributed by atoms with Gasteiger partial charge in [0.2, 0.25) is 11.1 Å². The molecule has 1 aromatic heterocycles. The molecule has 6 nitrogen and oxygen atoms in total. The van der Waals surface area contributed by atoms with Gasteiger partial charge in [0.25, 0.3) is 0 Å². The van der Waals surface area contributed by atoms with E-state index in [0.29, 0.717) is 10.9 Å². The predicted octanol–water partition coefficient (Wildman–Crippen LogP) is 1.44. The molecule has 0 aliphatic rings. The van der Waals surface area contributed by atoms with Gasteiger partial charge in [-0.1, -0.05) is 25.1 Å². The number of unbranched alkanes of at least 4 members (excludes halogenated alkanes) is 1. The molecule has 1 amide bonds. The summed E-state index contributed by atoms with van der Waals surface area (Å²) in [4.78, 5) is 11.6. The fourth-order valence-corrected chi connectivity index (χ4v) is 2.16. The Kier molecular flexibility index (Phi) is 5.58. The Bertz CT molecular complexity index is 385. The van der Waals surface area contributed by atoms with Crippen molar-refractivity contribution in [2.24, 2.45) is 0 Å². The summed E-state index contributed by atoms with van der Waals surface area (Å²) in [6.45, 7) is 8.90. The molecule has 0 aromatic carbocycles. The fourth-order valence-electron chi connectivity index (χ4n) is 1.28. The van der Waals surface area contributed by atoms with Crippen LogP contribution in [0.3, 0.4) is 0 Å². The Morgan fingerprint density at radius 2 is 2.17 bits per heavy atom. The molecule has 0 spiro atoms. The van der Waals surface area contributed by atoms with Crippen LogP contribution < -0.4 is 5.32 Å². The van der Waals surface area contributed by atoms with Crippen LogP contribution >= 0.6 is 11.8 Å². The molecule has 18 heavy (non-hydrogen) atoms. The minimum Gasteiger partial charge on any atom is -0.355 e. The number of nitrogens with zero attached hydrogens (tertiary/aromatic N) is 4. The second-order valence-corrected chi connectivity index (χ2v) is 5.98. The van der Waals surface area contributed by atoms with Gasteiger partial charge in [-0.15, -0.1) is 5.10 Å². The summed E-state index contributed by atoms with van der Waals surface area (Å²) in [6.07, 6.45) is 2.09. The molecule has 0 saturated heterocycles. The van der Waals surface area contributed by atoms with E-state index < -0.39 is 0 Å². The van der Waals surface area contributed by atoms with Crippen molar-refractivity contribution in [3.63, 3.8) is 0 Å². The van der Waals surface area contributed by atoms with Gasteiger partial charge in [-0.05, 0) is 37.6 Å². The maximum Gasteiger partial charge on any atom is 0.230 e. The standard InChI is InChI=1S/C11H21N5OS/c1-5-6-7-12-9(17)8-18-10-13-14-15-16(10)11(2,3)4/h5-8H2,1-4H3,(H,12,17). The normalized spacial score (nSPS) is 11.6. The van der Waals surface area contributed by atoms with Crippen molar-refractivity contribution in [3.8, 4) is 0 Å². The lowest BCUT2D eigenvalue weighted by molar-refractivity contribution is -0.118. The van der Waals surface area contributed by atoms with Crippen LogP contribution in [0.5, 0.6) is 0 Å². The molecule has 0 bridgehead atoms. The van der Waals surface area contributed by atoms with E-state index in [4.69, 9.17) is 0 Å². The van der Waals surface area contributed by atoms with Crippen molar-refractivity contribution in [1.82, 2.24) is 25.5 Å². The molecule has 0 saturated carbocycles. The van der Waals surface area contributed by atoms with Gasteiger partial charge in [0.1, 0.15) is 0 Å². The smallest absolute Gasteiger partial charge is 0.230 e. The maximum absolute atomic E-state index is 11.6. The van der Waals surface area contributed by atoms with Gasteiger partial charge in [-0.2, -0.15) is 0 Å². The molecule has 0 aliphatic heterocycles. The Labute approximate surface area is 112 Å². The van der Waals surface area contributed by atoms with E-state index in [0.717, 1.165) is 19.4 Å². The van der Waals surface area contributed by atoms with E-state index in [1.165, 1.54) is 11.8 Å². The summed E-state index contributed by atoms with van der Waals surface area (Å²) in [7, 11) is 0. The third-order valence-electron chi connectivity index (χ3n) is 2.26. The summed E-state index contributed by atoms with van der Waals surface area (Å²) in [5.41, 5.74) is -0.176. The SMILES string of the molecule is CCCCNC(=O)CSc1nnnn1C(C)(C)C. The Balaban J connectivity index is 2.44. The number of nitrogens with one attached hydrogen (secondary N) is 1. The maximum atomic E-state index is 11.6. The van der Waals surface area contributed by atoms with Gasteiger partial charge in [-0.25, -0.2) is 4.68 Å². The predicted molar refractivity (Wildman–Crippen MR) is 71.5 cm³/mol. The van der Waals surface area contributed by atoms with Crippen LogP contribution in [0.25, 0.3) is 0 Å². The molecule has 1 heterocycles. The number of aromatic nitrogens is 4. The van der Waals surface area contributed by atoms with Gasteiger partial charge in [-0.3, -0.25) is 4.79 Å². The van der Waals surface area contributed by atoms with Crippen LogP contribution in [0.15, 0.2) is 5.16 Å². The first-order chi connectivity index (χ1) is 8.45. The van der Waals surface area contributed by atoms with Crippen LogP contribution in [0, 0.1) is 0 Å². The van der Waals surface area contributed by atoms with Gasteiger partial charge in [0, 0.05) is 6.54 Å². The second kappa shape index (κ2) is 6.72. The molecule has 1 N–H and O–H groups in total. The highest BCUT2D eigenvalue weighted by Crippen LogP contribution is 2.20. The summed E-state index contributed by atoms with van der Waals surface area (Å²) < 4.78 is 1.73. The highest BCUT2D eigenvalue weighted by Gasteiger charge is 2.20. The number of carbonyl (C=O) groups is 1. The molecule has 7 heteroatoms. The van der Waals surface area contributed by atoms with Gasteiger partial charge in [0.15, 0.2) is 0 Å². The van der Waals surface area contributed by atoms with Crippen LogP contribution in [0.1, 0.15) is 40.5 Å². The fraction of sp³-hybridized carbons (Fsp3) is 0.818. The van der Waals surface area contributed by atoms with Crippen LogP contribution in [0.2, 0.25) is 0 Å². The molecule has 1 aromatic rings. The van der Waals surface area contributed by atoms with Gasteiger partial charge < -0.3 is 5.32 Å². The first kappa shape index (κ1) is 14.9. The Hall–Kier alpha value is -1.11. The van der Waals surface area contributed by atoms with Crippen molar-refractivity contribution in [2.75, 3.05) is 12.3 Å². The average molecular weight is 271 g/mol. The molecule has 102 valence electrons. The lowest BCUT2D eigenvalue weighted by Gasteiger charge is -2.19. The van der Waals surface area contributed by atoms with Crippen LogP contribution in [-0.2, 0) is 10.3 Å². The molecule has 0 unspecified atom stereocenters. The van der Waals surface area contributed by atoms with Crippen molar-refractivity contribution in [2.45, 2.75) is 51.2 Å². The van der Waals surface area contributed by atoms with Crippen molar-refractivity contribution in [3.05, 3.63) is 0 Å². The minimum atomic E-state index is -0.176. The van der Waals surface area contributed by atoms with Crippen molar-refractivity contribution in [1.29, 1.82) is 0 Å². The summed E-state index contributed by atoms with van der Waals surface area (Å²) >= 11 is 1.36. The van der Waals surface area contributed by atoms with Gasteiger partial charge >= 0.3 is 0 Å². The number of rotatable bonds is 6. The number of hydrogen-bond donors (Lipinski definition) is 1. The minimum absolute atomic E-state index is 0.0249. The van der Waals surface area contributed by atoms with E-state index in [1.54, 1.807) is 4.68 Å². The van der Waals surface area contributed by atoms with E-state index in [-0.39, 0.29) is 11.4 Å². The topological polar surface area (TPSA) is 72.7 Å². The Morgan fingerprint density at radius 3 is 2.78 bits per heavy atom. The number of amides is 1. The average Bonchev–Trinajstić information content (AvgIpc) is 2.74. The largest absolute Gasteiger partial charge is 0.355 e. The second-order valence-electron chi connectivity index (χ2n) is 5.04. The van der Waals surface area contributed by atoms with E-state index in [9.17, 15) is 4.79 Å². The summed E-state index contributed by atoms with van der Waals surface area (Å²) in [5, 5.41) is 15.1. The number of tetrazole rings is 1. The molecular weight excluding hydrogens is 250 g/mol. The first-order valence-electron chi connectivity index (χ1n) is 6.13. The number of thioether (sulfide) groups is 1. The molecule has 0 atom stereocenters. The van der Waals surface area contributed by atoms with E-state index in [2.05, 4.69) is 27.8 Å². The van der Waals surface area contributed by atoms with Gasteiger partial charge in [0.05, 0.1) is 11.3 Å². The van der Waals surface area contributed by atoms with E-state index >= 15 is 0 Å². The number of hydrogen-bond acceptors (Lipinski definition) is 5. The lowest BCUT2D eigenvalue weighted by atomic mass is 10.1. The third-order valence-corrected chi connectivity index (χ3v) is 3.18. The third kappa shape index (κ3) is 4.64. The molecule has 0 fully saturated rings. The highest BCUT2D eigenvalue weighted by molar-refractivity contribution is 7.99. The zero-order chi connectivity index (χ0) is 13.6. The summed E-state index contributed by atoms with van der Waals surface area (Å²) in [5.74, 6) is 0.372. The van der Waals surface area contributed by atoms with Crippen LogP contribution in [0.4, 0.5) is 0 Å². The Morgan fingerprint density at radius 1 is 1.44 bits per heavy atom. The van der Waals surface area contributed by atoms with Crippen molar-refractivity contribution >= 4 is 17.7 Å². The van der Waals surface area contributed by atoms with E-state index in [1.807, 2.05) is 20.8 Å².